The van der Waals surface area contributed by atoms with Crippen LogP contribution >= 0.6 is 12.6 Å². The van der Waals surface area contributed by atoms with Gasteiger partial charge in [0.15, 0.2) is 11.5 Å². The summed E-state index contributed by atoms with van der Waals surface area (Å²) in [6.45, 7) is 8.72. The van der Waals surface area contributed by atoms with E-state index in [-0.39, 0.29) is 35.4 Å². The first-order valence-corrected chi connectivity index (χ1v) is 15.2. The molecule has 0 heterocycles. The number of rotatable bonds is 25. The van der Waals surface area contributed by atoms with E-state index in [4.69, 9.17) is 28.4 Å². The lowest BCUT2D eigenvalue weighted by atomic mass is 10.2. The third-order valence-corrected chi connectivity index (χ3v) is 6.72. The molecule has 0 fully saturated rings. The van der Waals surface area contributed by atoms with Gasteiger partial charge in [-0.1, -0.05) is 52.4 Å². The van der Waals surface area contributed by atoms with Crippen LogP contribution in [0.2, 0.25) is 0 Å². The van der Waals surface area contributed by atoms with Crippen molar-refractivity contribution in [2.75, 3.05) is 66.1 Å². The summed E-state index contributed by atoms with van der Waals surface area (Å²) in [7, 11) is -4.47. The summed E-state index contributed by atoms with van der Waals surface area (Å²) in [6.07, 6.45) is 9.30. The minimum Gasteiger partial charge on any atom is -0.487 e. The molecule has 0 atom stereocenters. The quantitative estimate of drug-likeness (QED) is 0.0937. The minimum absolute atomic E-state index is 0.0505. The van der Waals surface area contributed by atoms with Crippen molar-refractivity contribution in [3.8, 4) is 11.5 Å². The Hall–Kier alpha value is -1.08. The molecule has 0 amide bonds. The molecular formula is C26H46O9S2. The highest BCUT2D eigenvalue weighted by Crippen LogP contribution is 2.35. The molecule has 0 spiro atoms. The molecule has 0 unspecified atom stereocenters. The maximum Gasteiger partial charge on any atom is 0.295 e. The molecule has 37 heavy (non-hydrogen) atoms. The van der Waals surface area contributed by atoms with Crippen LogP contribution in [0.1, 0.15) is 65.2 Å². The molecule has 216 valence electrons. The highest BCUT2D eigenvalue weighted by Gasteiger charge is 2.19. The average molecular weight is 567 g/mol. The molecule has 0 aliphatic heterocycles. The van der Waals surface area contributed by atoms with Crippen LogP contribution in [0.15, 0.2) is 21.9 Å². The first kappa shape index (κ1) is 33.9. The van der Waals surface area contributed by atoms with Crippen molar-refractivity contribution in [3.05, 3.63) is 12.1 Å². The summed E-state index contributed by atoms with van der Waals surface area (Å²) in [4.78, 5) is -0.308. The fraction of sp³-hybridized carbons (Fsp3) is 0.769. The van der Waals surface area contributed by atoms with E-state index in [1.165, 1.54) is 50.7 Å². The number of hydrogen-bond donors (Lipinski definition) is 2. The number of ether oxygens (including phenoxy) is 6. The predicted molar refractivity (Wildman–Crippen MR) is 146 cm³/mol. The number of thiol groups is 1. The Bertz CT molecular complexity index is 803. The second-order valence-electron chi connectivity index (χ2n) is 8.51. The maximum atomic E-state index is 11.7. The smallest absolute Gasteiger partial charge is 0.295 e. The molecule has 0 saturated heterocycles. The van der Waals surface area contributed by atoms with Gasteiger partial charge in [0.1, 0.15) is 18.1 Å². The molecule has 11 heteroatoms. The van der Waals surface area contributed by atoms with E-state index in [1.807, 2.05) is 0 Å². The van der Waals surface area contributed by atoms with Gasteiger partial charge in [0, 0.05) is 24.2 Å². The third kappa shape index (κ3) is 17.2. The van der Waals surface area contributed by atoms with Gasteiger partial charge in [-0.3, -0.25) is 4.55 Å². The Kier molecular flexibility index (Phi) is 20.0. The molecule has 1 aromatic rings. The molecular weight excluding hydrogens is 520 g/mol. The van der Waals surface area contributed by atoms with Crippen LogP contribution in [0.25, 0.3) is 0 Å². The molecule has 1 rings (SSSR count). The highest BCUT2D eigenvalue weighted by atomic mass is 32.2. The number of unbranched alkanes of at least 4 members (excludes halogenated alkanes) is 6. The van der Waals surface area contributed by atoms with E-state index in [1.54, 1.807) is 0 Å². The van der Waals surface area contributed by atoms with Gasteiger partial charge < -0.3 is 28.4 Å². The molecule has 1 aromatic carbocycles. The molecule has 0 aliphatic carbocycles. The largest absolute Gasteiger partial charge is 0.487 e. The molecule has 9 nitrogen and oxygen atoms in total. The fourth-order valence-corrected chi connectivity index (χ4v) is 4.40. The Morgan fingerprint density at radius 2 is 1.03 bits per heavy atom. The van der Waals surface area contributed by atoms with E-state index in [0.29, 0.717) is 38.8 Å². The van der Waals surface area contributed by atoms with Gasteiger partial charge in [-0.15, -0.1) is 12.6 Å². The lowest BCUT2D eigenvalue weighted by Gasteiger charge is -2.15. The van der Waals surface area contributed by atoms with Gasteiger partial charge in [0.05, 0.1) is 39.6 Å². The highest BCUT2D eigenvalue weighted by molar-refractivity contribution is 7.87. The number of hydrogen-bond acceptors (Lipinski definition) is 9. The van der Waals surface area contributed by atoms with E-state index in [9.17, 15) is 13.0 Å². The maximum absolute atomic E-state index is 11.7. The van der Waals surface area contributed by atoms with Crippen LogP contribution in [0.4, 0.5) is 0 Å². The lowest BCUT2D eigenvalue weighted by molar-refractivity contribution is 0.0320. The Morgan fingerprint density at radius 3 is 1.46 bits per heavy atom. The Labute approximate surface area is 228 Å². The first-order chi connectivity index (χ1) is 17.9. The Morgan fingerprint density at radius 1 is 0.622 bits per heavy atom. The van der Waals surface area contributed by atoms with Crippen LogP contribution < -0.4 is 9.47 Å². The average Bonchev–Trinajstić information content (AvgIpc) is 2.86. The molecule has 0 saturated carbocycles. The molecule has 0 aliphatic rings. The van der Waals surface area contributed by atoms with Crippen LogP contribution in [-0.4, -0.2) is 79.0 Å². The van der Waals surface area contributed by atoms with Crippen LogP contribution in [-0.2, 0) is 29.1 Å². The SMILES string of the molecule is CCCCCCOCCOCCOc1cc(S)c(S(=O)(=O)O)cc1OCCOCCOCCCCCC. The van der Waals surface area contributed by atoms with Crippen LogP contribution in [0, 0.1) is 0 Å². The minimum atomic E-state index is -4.47. The zero-order chi connectivity index (χ0) is 27.2. The van der Waals surface area contributed by atoms with E-state index < -0.39 is 10.1 Å². The van der Waals surface area contributed by atoms with Crippen molar-refractivity contribution < 1.29 is 41.4 Å². The molecule has 0 radical (unpaired) electrons. The van der Waals surface area contributed by atoms with Gasteiger partial charge >= 0.3 is 0 Å². The normalized spacial score (nSPS) is 11.7. The predicted octanol–water partition coefficient (Wildman–Crippen LogP) is 5.21. The van der Waals surface area contributed by atoms with Gasteiger partial charge in [-0.05, 0) is 18.9 Å². The van der Waals surface area contributed by atoms with E-state index >= 15 is 0 Å². The van der Waals surface area contributed by atoms with Crippen LogP contribution in [0.3, 0.4) is 0 Å². The van der Waals surface area contributed by atoms with Crippen molar-refractivity contribution in [2.24, 2.45) is 0 Å². The van der Waals surface area contributed by atoms with Crippen molar-refractivity contribution in [3.63, 3.8) is 0 Å². The summed E-state index contributed by atoms with van der Waals surface area (Å²) < 4.78 is 66.4. The topological polar surface area (TPSA) is 110 Å². The van der Waals surface area contributed by atoms with Crippen molar-refractivity contribution in [2.45, 2.75) is 75.0 Å². The van der Waals surface area contributed by atoms with Gasteiger partial charge in [0.2, 0.25) is 0 Å². The van der Waals surface area contributed by atoms with Crippen molar-refractivity contribution in [1.29, 1.82) is 0 Å². The molecule has 1 N–H and O–H groups in total. The summed E-state index contributed by atoms with van der Waals surface area (Å²) in [6, 6.07) is 2.59. The molecule has 0 bridgehead atoms. The second kappa shape index (κ2) is 21.8. The summed E-state index contributed by atoms with van der Waals surface area (Å²) >= 11 is 4.16. The second-order valence-corrected chi connectivity index (χ2v) is 10.4. The third-order valence-electron chi connectivity index (χ3n) is 5.30. The fourth-order valence-electron chi connectivity index (χ4n) is 3.29. The summed E-state index contributed by atoms with van der Waals surface area (Å²) in [5.41, 5.74) is 0. The standard InChI is InChI=1S/C26H46O9S2/c1-3-5-7-9-11-30-13-15-32-17-19-34-23-21-25(36)26(37(27,28)29)22-24(23)35-20-18-33-16-14-31-12-10-8-6-4-2/h21-22,36H,3-20H2,1-2H3,(H,27,28,29). The lowest BCUT2D eigenvalue weighted by Crippen LogP contribution is -2.14. The summed E-state index contributed by atoms with van der Waals surface area (Å²) in [5, 5.41) is 0. The summed E-state index contributed by atoms with van der Waals surface area (Å²) in [5.74, 6) is 0.459. The van der Waals surface area contributed by atoms with Gasteiger partial charge in [-0.2, -0.15) is 8.42 Å². The zero-order valence-electron chi connectivity index (χ0n) is 22.5. The zero-order valence-corrected chi connectivity index (χ0v) is 24.2. The van der Waals surface area contributed by atoms with E-state index in [0.717, 1.165) is 26.1 Å². The van der Waals surface area contributed by atoms with Crippen LogP contribution in [0.5, 0.6) is 11.5 Å². The van der Waals surface area contributed by atoms with Crippen molar-refractivity contribution >= 4 is 22.7 Å². The number of benzene rings is 1. The van der Waals surface area contributed by atoms with E-state index in [2.05, 4.69) is 26.5 Å². The molecule has 0 aromatic heterocycles. The van der Waals surface area contributed by atoms with Gasteiger partial charge in [0.25, 0.3) is 10.1 Å². The monoisotopic (exact) mass is 566 g/mol. The van der Waals surface area contributed by atoms with Crippen molar-refractivity contribution in [1.82, 2.24) is 0 Å². The van der Waals surface area contributed by atoms with Gasteiger partial charge in [-0.25, -0.2) is 0 Å². The Balaban J connectivity index is 2.38. The first-order valence-electron chi connectivity index (χ1n) is 13.3.